The van der Waals surface area contributed by atoms with E-state index in [1.54, 1.807) is 41.7 Å². The number of fused-ring (bicyclic) bond motifs is 1. The van der Waals surface area contributed by atoms with Crippen LogP contribution in [-0.4, -0.2) is 70.5 Å². The van der Waals surface area contributed by atoms with Crippen molar-refractivity contribution in [3.05, 3.63) is 83.4 Å². The van der Waals surface area contributed by atoms with E-state index in [0.29, 0.717) is 56.2 Å². The second-order valence-electron chi connectivity index (χ2n) is 9.43. The number of benzene rings is 2. The highest BCUT2D eigenvalue weighted by atomic mass is 19.3. The lowest BCUT2D eigenvalue weighted by Gasteiger charge is -2.22. The average molecular weight is 581 g/mol. The number of nitrogens with zero attached hydrogens (tertiary/aromatic N) is 4. The van der Waals surface area contributed by atoms with Gasteiger partial charge in [0.25, 0.3) is 5.91 Å². The quantitative estimate of drug-likeness (QED) is 0.189. The molecule has 0 spiro atoms. The Bertz CT molecular complexity index is 1510. The molecular weight excluding hydrogens is 546 g/mol. The van der Waals surface area contributed by atoms with Crippen molar-refractivity contribution in [1.82, 2.24) is 29.9 Å². The summed E-state index contributed by atoms with van der Waals surface area (Å²) >= 11 is 0. The maximum Gasteiger partial charge on any atom is 0.387 e. The Morgan fingerprint density at radius 2 is 1.86 bits per heavy atom. The van der Waals surface area contributed by atoms with Crippen molar-refractivity contribution in [2.24, 2.45) is 5.73 Å². The molecule has 2 aromatic heterocycles. The van der Waals surface area contributed by atoms with E-state index >= 15 is 0 Å². The molecule has 0 fully saturated rings. The molecule has 0 bridgehead atoms. The molecule has 2 aromatic carbocycles. The van der Waals surface area contributed by atoms with Gasteiger partial charge in [-0.1, -0.05) is 12.1 Å². The Labute approximate surface area is 242 Å². The van der Waals surface area contributed by atoms with E-state index < -0.39 is 6.61 Å². The number of likely N-dealkylation sites (N-methyl/N-ethyl adjacent to an activating group) is 1. The first-order chi connectivity index (χ1) is 20.3. The lowest BCUT2D eigenvalue weighted by molar-refractivity contribution is -0.0498. The van der Waals surface area contributed by atoms with Crippen LogP contribution in [0, 0.1) is 6.92 Å². The van der Waals surface area contributed by atoms with Gasteiger partial charge in [0.1, 0.15) is 5.75 Å². The third-order valence-corrected chi connectivity index (χ3v) is 6.52. The fourth-order valence-electron chi connectivity index (χ4n) is 4.43. The second-order valence-corrected chi connectivity index (χ2v) is 9.43. The van der Waals surface area contributed by atoms with Crippen LogP contribution in [0.2, 0.25) is 0 Å². The minimum atomic E-state index is -2.87. The average Bonchev–Trinajstić information content (AvgIpc) is 3.38. The van der Waals surface area contributed by atoms with Gasteiger partial charge in [-0.3, -0.25) is 9.20 Å². The molecule has 0 atom stereocenters. The number of hydrogen-bond donors (Lipinski definition) is 4. The summed E-state index contributed by atoms with van der Waals surface area (Å²) in [7, 11) is 0. The van der Waals surface area contributed by atoms with Crippen LogP contribution in [0.5, 0.6) is 5.75 Å². The summed E-state index contributed by atoms with van der Waals surface area (Å²) in [5, 5.41) is 8.65. The summed E-state index contributed by atoms with van der Waals surface area (Å²) in [4.78, 5) is 35.6. The van der Waals surface area contributed by atoms with E-state index in [0.717, 1.165) is 22.5 Å². The normalized spacial score (nSPS) is 11.0. The maximum atomic E-state index is 13.2. The molecule has 3 amide bonds. The van der Waals surface area contributed by atoms with Crippen molar-refractivity contribution >= 4 is 29.1 Å². The number of nitrogens with one attached hydrogen (secondary N) is 3. The van der Waals surface area contributed by atoms with Crippen molar-refractivity contribution < 1.29 is 23.1 Å². The summed E-state index contributed by atoms with van der Waals surface area (Å²) in [6, 6.07) is 11.6. The van der Waals surface area contributed by atoms with Crippen LogP contribution in [0.15, 0.2) is 61.1 Å². The topological polar surface area (TPSA) is 139 Å². The molecule has 0 unspecified atom stereocenters. The standard InChI is InChI=1S/C29H34F2N8O3/c1-3-38(14-12-35-29(41)34-11-10-32)27(40)24-9-6-21(16-19(24)2)37-25-26-36-18-22(39(26)15-13-33-25)17-20-4-7-23(8-5-20)42-28(30)31/h4-9,13,15-16,18,28H,3,10-12,14,17,32H2,1-2H3,(H,33,37)(H2,34,35,41). The van der Waals surface area contributed by atoms with Gasteiger partial charge >= 0.3 is 12.6 Å². The zero-order chi connectivity index (χ0) is 30.1. The van der Waals surface area contributed by atoms with Gasteiger partial charge < -0.3 is 31.3 Å². The lowest BCUT2D eigenvalue weighted by atomic mass is 10.1. The van der Waals surface area contributed by atoms with Crippen LogP contribution < -0.4 is 26.4 Å². The summed E-state index contributed by atoms with van der Waals surface area (Å²) in [6.45, 7) is 2.80. The number of aromatic nitrogens is 3. The van der Waals surface area contributed by atoms with E-state index in [2.05, 4.69) is 30.7 Å². The van der Waals surface area contributed by atoms with Crippen LogP contribution in [0.4, 0.5) is 25.1 Å². The zero-order valence-electron chi connectivity index (χ0n) is 23.4. The van der Waals surface area contributed by atoms with Gasteiger partial charge in [-0.05, 0) is 55.3 Å². The summed E-state index contributed by atoms with van der Waals surface area (Å²) in [6.07, 6.45) is 5.74. The number of imidazole rings is 1. The molecule has 2 heterocycles. The maximum absolute atomic E-state index is 13.2. The molecule has 0 aliphatic carbocycles. The summed E-state index contributed by atoms with van der Waals surface area (Å²) < 4.78 is 31.2. The molecule has 5 N–H and O–H groups in total. The Morgan fingerprint density at radius 3 is 2.55 bits per heavy atom. The third-order valence-electron chi connectivity index (χ3n) is 6.52. The molecule has 0 saturated heterocycles. The highest BCUT2D eigenvalue weighted by Crippen LogP contribution is 2.24. The highest BCUT2D eigenvalue weighted by Gasteiger charge is 2.17. The molecule has 42 heavy (non-hydrogen) atoms. The van der Waals surface area contributed by atoms with Gasteiger partial charge in [0, 0.05) is 74.7 Å². The van der Waals surface area contributed by atoms with Gasteiger partial charge in [-0.25, -0.2) is 14.8 Å². The number of carbonyl (C=O) groups excluding carboxylic acids is 2. The van der Waals surface area contributed by atoms with E-state index in [1.807, 2.05) is 30.4 Å². The van der Waals surface area contributed by atoms with Crippen molar-refractivity contribution in [3.8, 4) is 5.75 Å². The van der Waals surface area contributed by atoms with Crippen LogP contribution in [0.25, 0.3) is 5.65 Å². The van der Waals surface area contributed by atoms with E-state index in [-0.39, 0.29) is 17.7 Å². The van der Waals surface area contributed by atoms with Gasteiger partial charge in [0.2, 0.25) is 0 Å². The number of ether oxygens (including phenoxy) is 1. The smallest absolute Gasteiger partial charge is 0.387 e. The minimum absolute atomic E-state index is 0.105. The number of aryl methyl sites for hydroxylation is 1. The number of nitrogens with two attached hydrogens (primary N) is 1. The number of urea groups is 1. The molecule has 0 saturated carbocycles. The number of carbonyl (C=O) groups is 2. The van der Waals surface area contributed by atoms with Crippen molar-refractivity contribution in [2.75, 3.05) is 38.0 Å². The predicted octanol–water partition coefficient (Wildman–Crippen LogP) is 3.69. The molecule has 0 aliphatic rings. The second kappa shape index (κ2) is 14.2. The van der Waals surface area contributed by atoms with Gasteiger partial charge in [0.15, 0.2) is 11.5 Å². The van der Waals surface area contributed by atoms with Gasteiger partial charge in [-0.15, -0.1) is 0 Å². The van der Waals surface area contributed by atoms with Crippen LogP contribution in [0.3, 0.4) is 0 Å². The Balaban J connectivity index is 1.42. The fourth-order valence-corrected chi connectivity index (χ4v) is 4.43. The Hall–Kier alpha value is -4.78. The number of hydrogen-bond acceptors (Lipinski definition) is 7. The predicted molar refractivity (Wildman–Crippen MR) is 155 cm³/mol. The lowest BCUT2D eigenvalue weighted by Crippen LogP contribution is -2.43. The molecule has 11 nitrogen and oxygen atoms in total. The summed E-state index contributed by atoms with van der Waals surface area (Å²) in [5.41, 5.74) is 9.89. The van der Waals surface area contributed by atoms with E-state index in [9.17, 15) is 18.4 Å². The first-order valence-corrected chi connectivity index (χ1v) is 13.5. The molecule has 0 radical (unpaired) electrons. The largest absolute Gasteiger partial charge is 0.435 e. The van der Waals surface area contributed by atoms with Crippen molar-refractivity contribution in [2.45, 2.75) is 26.9 Å². The number of alkyl halides is 2. The molecule has 4 rings (SSSR count). The monoisotopic (exact) mass is 580 g/mol. The highest BCUT2D eigenvalue weighted by molar-refractivity contribution is 5.96. The Morgan fingerprint density at radius 1 is 1.10 bits per heavy atom. The minimum Gasteiger partial charge on any atom is -0.435 e. The SMILES string of the molecule is CCN(CCNC(=O)NCCN)C(=O)c1ccc(Nc2nccn3c(Cc4ccc(OC(F)F)cc4)cnc23)cc1C. The van der Waals surface area contributed by atoms with Crippen LogP contribution in [-0.2, 0) is 6.42 Å². The fraction of sp³-hybridized carbons (Fsp3) is 0.310. The van der Waals surface area contributed by atoms with E-state index in [1.165, 1.54) is 12.1 Å². The third kappa shape index (κ3) is 7.69. The number of halogens is 2. The zero-order valence-corrected chi connectivity index (χ0v) is 23.4. The number of rotatable bonds is 13. The van der Waals surface area contributed by atoms with Gasteiger partial charge in [0.05, 0.1) is 0 Å². The molecular formula is C29H34F2N8O3. The molecule has 13 heteroatoms. The molecule has 222 valence electrons. The van der Waals surface area contributed by atoms with Crippen LogP contribution in [0.1, 0.15) is 34.1 Å². The van der Waals surface area contributed by atoms with Gasteiger partial charge in [-0.2, -0.15) is 8.78 Å². The Kier molecular flexibility index (Phi) is 10.2. The number of amides is 3. The van der Waals surface area contributed by atoms with E-state index in [4.69, 9.17) is 5.73 Å². The molecule has 4 aromatic rings. The van der Waals surface area contributed by atoms with Crippen LogP contribution >= 0.6 is 0 Å². The number of anilines is 2. The first-order valence-electron chi connectivity index (χ1n) is 13.5. The van der Waals surface area contributed by atoms with Crippen molar-refractivity contribution in [3.63, 3.8) is 0 Å². The molecule has 0 aliphatic heterocycles. The summed E-state index contributed by atoms with van der Waals surface area (Å²) in [5.74, 6) is 0.516. The first kappa shape index (κ1) is 30.2. The van der Waals surface area contributed by atoms with Crippen molar-refractivity contribution in [1.29, 1.82) is 0 Å².